The Kier molecular flexibility index (Phi) is 2.23. The topological polar surface area (TPSA) is 38.0 Å². The molecule has 0 spiro atoms. The number of aryl methyl sites for hydroxylation is 1. The highest BCUT2D eigenvalue weighted by atomic mass is 127. The smallest absolute Gasteiger partial charge is 0.128 e. The van der Waals surface area contributed by atoms with E-state index >= 15 is 0 Å². The molecule has 5 heteroatoms. The molecule has 2 rings (SSSR count). The summed E-state index contributed by atoms with van der Waals surface area (Å²) in [6.45, 7) is 0. The Hall–Kier alpha value is -0.300. The van der Waals surface area contributed by atoms with Gasteiger partial charge in [-0.05, 0) is 34.7 Å². The fourth-order valence-corrected chi connectivity index (χ4v) is 2.33. The fourth-order valence-electron chi connectivity index (χ4n) is 1.24. The van der Waals surface area contributed by atoms with Crippen LogP contribution in [0.25, 0.3) is 10.9 Å². The van der Waals surface area contributed by atoms with Crippen molar-refractivity contribution in [1.82, 2.24) is 9.78 Å². The summed E-state index contributed by atoms with van der Waals surface area (Å²) in [4.78, 5) is 0. The molecule has 13 heavy (non-hydrogen) atoms. The maximum Gasteiger partial charge on any atom is 0.128 e. The SMILES string of the molecule is Cn1nc2cc(Br)cc(O)c2c1I. The molecule has 0 bridgehead atoms. The Morgan fingerprint density at radius 1 is 1.54 bits per heavy atom. The molecule has 68 valence electrons. The minimum atomic E-state index is 0.266. The van der Waals surface area contributed by atoms with Crippen molar-refractivity contribution in [3.63, 3.8) is 0 Å². The first-order chi connectivity index (χ1) is 6.09. The summed E-state index contributed by atoms with van der Waals surface area (Å²) in [6.07, 6.45) is 0. The van der Waals surface area contributed by atoms with Gasteiger partial charge in [0.1, 0.15) is 9.45 Å². The second-order valence-corrected chi connectivity index (χ2v) is 4.67. The highest BCUT2D eigenvalue weighted by molar-refractivity contribution is 14.1. The summed E-state index contributed by atoms with van der Waals surface area (Å²) in [5.41, 5.74) is 0.804. The minimum absolute atomic E-state index is 0.266. The average Bonchev–Trinajstić information content (AvgIpc) is 2.27. The van der Waals surface area contributed by atoms with Gasteiger partial charge >= 0.3 is 0 Å². The zero-order valence-corrected chi connectivity index (χ0v) is 10.5. The largest absolute Gasteiger partial charge is 0.507 e. The molecule has 2 aromatic rings. The van der Waals surface area contributed by atoms with Crippen LogP contribution < -0.4 is 0 Å². The van der Waals surface area contributed by atoms with E-state index in [1.165, 1.54) is 0 Å². The van der Waals surface area contributed by atoms with E-state index in [0.29, 0.717) is 0 Å². The molecule has 0 aliphatic carbocycles. The third kappa shape index (κ3) is 1.43. The van der Waals surface area contributed by atoms with E-state index in [4.69, 9.17) is 0 Å². The standard InChI is InChI=1S/C8H6BrIN2O/c1-12-8(10)7-5(11-12)2-4(9)3-6(7)13/h2-3,13H,1H3. The number of halogens is 2. The normalized spacial score (nSPS) is 11.0. The van der Waals surface area contributed by atoms with E-state index < -0.39 is 0 Å². The number of hydrogen-bond donors (Lipinski definition) is 1. The van der Waals surface area contributed by atoms with Gasteiger partial charge in [0.15, 0.2) is 0 Å². The van der Waals surface area contributed by atoms with Crippen LogP contribution >= 0.6 is 38.5 Å². The van der Waals surface area contributed by atoms with Crippen molar-refractivity contribution in [2.75, 3.05) is 0 Å². The van der Waals surface area contributed by atoms with Gasteiger partial charge in [-0.1, -0.05) is 15.9 Å². The number of rotatable bonds is 0. The van der Waals surface area contributed by atoms with Gasteiger partial charge < -0.3 is 5.11 Å². The molecule has 1 heterocycles. The lowest BCUT2D eigenvalue weighted by Crippen LogP contribution is -1.91. The van der Waals surface area contributed by atoms with E-state index in [-0.39, 0.29) is 5.75 Å². The molecule has 1 N–H and O–H groups in total. The monoisotopic (exact) mass is 352 g/mol. The van der Waals surface area contributed by atoms with E-state index in [9.17, 15) is 5.11 Å². The van der Waals surface area contributed by atoms with Crippen molar-refractivity contribution in [1.29, 1.82) is 0 Å². The van der Waals surface area contributed by atoms with Crippen LogP contribution in [-0.4, -0.2) is 14.9 Å². The van der Waals surface area contributed by atoms with Crippen molar-refractivity contribution in [3.05, 3.63) is 20.3 Å². The predicted octanol–water partition coefficient (Wildman–Crippen LogP) is 2.65. The van der Waals surface area contributed by atoms with E-state index in [1.807, 2.05) is 13.1 Å². The van der Waals surface area contributed by atoms with Gasteiger partial charge in [-0.15, -0.1) is 0 Å². The molecule has 0 saturated heterocycles. The first-order valence-electron chi connectivity index (χ1n) is 3.60. The van der Waals surface area contributed by atoms with Crippen molar-refractivity contribution in [3.8, 4) is 5.75 Å². The van der Waals surface area contributed by atoms with Gasteiger partial charge in [0, 0.05) is 11.5 Å². The van der Waals surface area contributed by atoms with Crippen molar-refractivity contribution in [2.45, 2.75) is 0 Å². The molecular formula is C8H6BrIN2O. The Balaban J connectivity index is 2.94. The summed E-state index contributed by atoms with van der Waals surface area (Å²) >= 11 is 5.47. The zero-order valence-electron chi connectivity index (χ0n) is 6.75. The molecule has 0 fully saturated rings. The number of phenolic OH excluding ortho intramolecular Hbond substituents is 1. The van der Waals surface area contributed by atoms with Gasteiger partial charge in [0.2, 0.25) is 0 Å². The van der Waals surface area contributed by atoms with E-state index in [1.54, 1.807) is 10.7 Å². The maximum absolute atomic E-state index is 9.66. The molecule has 1 aromatic carbocycles. The molecular weight excluding hydrogens is 347 g/mol. The van der Waals surface area contributed by atoms with E-state index in [0.717, 1.165) is 19.1 Å². The summed E-state index contributed by atoms with van der Waals surface area (Å²) in [5, 5.41) is 14.7. The molecule has 0 atom stereocenters. The number of phenols is 1. The average molecular weight is 353 g/mol. The van der Waals surface area contributed by atoms with Gasteiger partial charge in [-0.3, -0.25) is 4.68 Å². The number of hydrogen-bond acceptors (Lipinski definition) is 2. The van der Waals surface area contributed by atoms with Crippen molar-refractivity contribution >= 4 is 49.4 Å². The quantitative estimate of drug-likeness (QED) is 0.740. The lowest BCUT2D eigenvalue weighted by molar-refractivity contribution is 0.481. The van der Waals surface area contributed by atoms with Crippen LogP contribution in [0, 0.1) is 3.70 Å². The lowest BCUT2D eigenvalue weighted by Gasteiger charge is -1.95. The van der Waals surface area contributed by atoms with Crippen molar-refractivity contribution in [2.24, 2.45) is 7.05 Å². The van der Waals surface area contributed by atoms with Crippen LogP contribution in [0.4, 0.5) is 0 Å². The number of nitrogens with zero attached hydrogens (tertiary/aromatic N) is 2. The zero-order chi connectivity index (χ0) is 9.59. The highest BCUT2D eigenvalue weighted by Crippen LogP contribution is 2.31. The summed E-state index contributed by atoms with van der Waals surface area (Å²) in [5.74, 6) is 0.266. The van der Waals surface area contributed by atoms with Crippen LogP contribution in [0.5, 0.6) is 5.75 Å². The van der Waals surface area contributed by atoms with Crippen LogP contribution in [0.3, 0.4) is 0 Å². The van der Waals surface area contributed by atoms with Gasteiger partial charge in [-0.2, -0.15) is 5.10 Å². The molecule has 0 unspecified atom stereocenters. The lowest BCUT2D eigenvalue weighted by atomic mass is 10.2. The highest BCUT2D eigenvalue weighted by Gasteiger charge is 2.10. The first-order valence-corrected chi connectivity index (χ1v) is 5.47. The Morgan fingerprint density at radius 2 is 2.23 bits per heavy atom. The minimum Gasteiger partial charge on any atom is -0.507 e. The molecule has 1 aromatic heterocycles. The number of aromatic hydroxyl groups is 1. The summed E-state index contributed by atoms with van der Waals surface area (Å²) in [6, 6.07) is 3.56. The first kappa shape index (κ1) is 9.26. The van der Waals surface area contributed by atoms with Crippen molar-refractivity contribution < 1.29 is 5.11 Å². The molecule has 3 nitrogen and oxygen atoms in total. The van der Waals surface area contributed by atoms with Gasteiger partial charge in [-0.25, -0.2) is 0 Å². The number of benzene rings is 1. The third-order valence-corrected chi connectivity index (χ3v) is 3.51. The summed E-state index contributed by atoms with van der Waals surface area (Å²) in [7, 11) is 1.86. The number of fused-ring (bicyclic) bond motifs is 1. The maximum atomic E-state index is 9.66. The second-order valence-electron chi connectivity index (χ2n) is 2.73. The molecule has 0 radical (unpaired) electrons. The van der Waals surface area contributed by atoms with Crippen LogP contribution in [0.1, 0.15) is 0 Å². The third-order valence-electron chi connectivity index (χ3n) is 1.81. The summed E-state index contributed by atoms with van der Waals surface area (Å²) < 4.78 is 3.53. The van der Waals surface area contributed by atoms with Gasteiger partial charge in [0.05, 0.1) is 10.9 Å². The molecule has 0 aliphatic rings. The van der Waals surface area contributed by atoms with E-state index in [2.05, 4.69) is 43.6 Å². The van der Waals surface area contributed by atoms with Crippen LogP contribution in [0.15, 0.2) is 16.6 Å². The van der Waals surface area contributed by atoms with Crippen LogP contribution in [-0.2, 0) is 7.05 Å². The molecule has 0 amide bonds. The Bertz CT molecular complexity index is 480. The second kappa shape index (κ2) is 3.13. The Labute approximate surface area is 97.0 Å². The number of aromatic nitrogens is 2. The fraction of sp³-hybridized carbons (Fsp3) is 0.125. The molecule has 0 aliphatic heterocycles. The Morgan fingerprint density at radius 3 is 2.92 bits per heavy atom. The predicted molar refractivity (Wildman–Crippen MR) is 62.8 cm³/mol. The van der Waals surface area contributed by atoms with Gasteiger partial charge in [0.25, 0.3) is 0 Å². The van der Waals surface area contributed by atoms with Crippen LogP contribution in [0.2, 0.25) is 0 Å². The molecule has 0 saturated carbocycles.